The zero-order valence-electron chi connectivity index (χ0n) is 11.6. The van der Waals surface area contributed by atoms with Crippen molar-refractivity contribution in [2.75, 3.05) is 13.1 Å². The first-order valence-corrected chi connectivity index (χ1v) is 7.09. The standard InChI is InChI=1S/C15H24N2S/c1-4-12(3)10-17(5-2)11-13-8-6-7-9-14(13)15(16)18/h6-9,12H,4-5,10-11H2,1-3H3,(H2,16,18). The van der Waals surface area contributed by atoms with Crippen molar-refractivity contribution >= 4 is 17.2 Å². The SMILES string of the molecule is CCC(C)CN(CC)Cc1ccccc1C(N)=S. The lowest BCUT2D eigenvalue weighted by atomic mass is 10.1. The van der Waals surface area contributed by atoms with Gasteiger partial charge in [-0.2, -0.15) is 0 Å². The molecular weight excluding hydrogens is 240 g/mol. The maximum atomic E-state index is 5.77. The summed E-state index contributed by atoms with van der Waals surface area (Å²) in [4.78, 5) is 2.94. The fourth-order valence-corrected chi connectivity index (χ4v) is 2.21. The Morgan fingerprint density at radius 2 is 2.00 bits per heavy atom. The van der Waals surface area contributed by atoms with Crippen LogP contribution in [0.2, 0.25) is 0 Å². The molecule has 0 radical (unpaired) electrons. The summed E-state index contributed by atoms with van der Waals surface area (Å²) in [5.41, 5.74) is 8.01. The topological polar surface area (TPSA) is 29.3 Å². The summed E-state index contributed by atoms with van der Waals surface area (Å²) < 4.78 is 0. The largest absolute Gasteiger partial charge is 0.389 e. The Labute approximate surface area is 116 Å². The summed E-state index contributed by atoms with van der Waals surface area (Å²) >= 11 is 5.11. The number of hydrogen-bond acceptors (Lipinski definition) is 2. The molecule has 0 fully saturated rings. The fourth-order valence-electron chi connectivity index (χ4n) is 2.01. The molecule has 0 amide bonds. The van der Waals surface area contributed by atoms with E-state index in [2.05, 4.69) is 31.7 Å². The first kappa shape index (κ1) is 15.1. The molecule has 0 aliphatic heterocycles. The number of benzene rings is 1. The Kier molecular flexibility index (Phi) is 6.30. The van der Waals surface area contributed by atoms with Crippen LogP contribution in [0.3, 0.4) is 0 Å². The molecule has 0 saturated carbocycles. The average molecular weight is 264 g/mol. The van der Waals surface area contributed by atoms with Crippen LogP contribution in [0.5, 0.6) is 0 Å². The number of rotatable bonds is 7. The second kappa shape index (κ2) is 7.49. The molecule has 0 heterocycles. The Morgan fingerprint density at radius 3 is 2.56 bits per heavy atom. The van der Waals surface area contributed by atoms with Crippen LogP contribution in [0, 0.1) is 5.92 Å². The van der Waals surface area contributed by atoms with Crippen LogP contribution in [-0.4, -0.2) is 23.0 Å². The quantitative estimate of drug-likeness (QED) is 0.767. The highest BCUT2D eigenvalue weighted by molar-refractivity contribution is 7.80. The minimum Gasteiger partial charge on any atom is -0.389 e. The van der Waals surface area contributed by atoms with Crippen LogP contribution in [0.4, 0.5) is 0 Å². The van der Waals surface area contributed by atoms with Crippen molar-refractivity contribution in [2.24, 2.45) is 11.7 Å². The summed E-state index contributed by atoms with van der Waals surface area (Å²) in [5, 5.41) is 0. The number of thiocarbonyl (C=S) groups is 1. The fraction of sp³-hybridized carbons (Fsp3) is 0.533. The third-order valence-electron chi connectivity index (χ3n) is 3.39. The Balaban J connectivity index is 2.78. The molecule has 2 N–H and O–H groups in total. The van der Waals surface area contributed by atoms with E-state index < -0.39 is 0 Å². The maximum absolute atomic E-state index is 5.77. The predicted molar refractivity (Wildman–Crippen MR) is 82.7 cm³/mol. The molecule has 0 aliphatic rings. The Morgan fingerprint density at radius 1 is 1.33 bits per heavy atom. The molecule has 100 valence electrons. The van der Waals surface area contributed by atoms with Crippen molar-refractivity contribution in [3.8, 4) is 0 Å². The molecule has 0 saturated heterocycles. The summed E-state index contributed by atoms with van der Waals surface area (Å²) in [6.07, 6.45) is 1.22. The number of nitrogens with two attached hydrogens (primary N) is 1. The van der Waals surface area contributed by atoms with Crippen LogP contribution >= 0.6 is 12.2 Å². The van der Waals surface area contributed by atoms with E-state index in [0.29, 0.717) is 4.99 Å². The zero-order chi connectivity index (χ0) is 13.5. The lowest BCUT2D eigenvalue weighted by Gasteiger charge is -2.24. The molecule has 1 unspecified atom stereocenters. The van der Waals surface area contributed by atoms with Crippen molar-refractivity contribution in [1.82, 2.24) is 4.90 Å². The van der Waals surface area contributed by atoms with Gasteiger partial charge in [0.1, 0.15) is 4.99 Å². The molecule has 3 heteroatoms. The molecule has 1 aromatic rings. The van der Waals surface area contributed by atoms with E-state index in [9.17, 15) is 0 Å². The maximum Gasteiger partial charge on any atom is 0.104 e. The summed E-state index contributed by atoms with van der Waals surface area (Å²) in [6.45, 7) is 9.83. The van der Waals surface area contributed by atoms with E-state index >= 15 is 0 Å². The van der Waals surface area contributed by atoms with Crippen molar-refractivity contribution in [2.45, 2.75) is 33.7 Å². The van der Waals surface area contributed by atoms with Crippen LogP contribution < -0.4 is 5.73 Å². The van der Waals surface area contributed by atoms with Gasteiger partial charge in [0.2, 0.25) is 0 Å². The molecule has 1 atom stereocenters. The van der Waals surface area contributed by atoms with Crippen LogP contribution in [0.1, 0.15) is 38.3 Å². The second-order valence-corrected chi connectivity index (χ2v) is 5.30. The number of hydrogen-bond donors (Lipinski definition) is 1. The van der Waals surface area contributed by atoms with Gasteiger partial charge in [-0.1, -0.05) is 63.7 Å². The van der Waals surface area contributed by atoms with E-state index in [1.807, 2.05) is 18.2 Å². The molecule has 1 aromatic carbocycles. The smallest absolute Gasteiger partial charge is 0.104 e. The Hall–Kier alpha value is -0.930. The van der Waals surface area contributed by atoms with Crippen molar-refractivity contribution in [3.05, 3.63) is 35.4 Å². The summed E-state index contributed by atoms with van der Waals surface area (Å²) in [5.74, 6) is 0.724. The predicted octanol–water partition coefficient (Wildman–Crippen LogP) is 3.19. The minimum absolute atomic E-state index is 0.491. The first-order valence-electron chi connectivity index (χ1n) is 6.68. The lowest BCUT2D eigenvalue weighted by molar-refractivity contribution is 0.238. The van der Waals surface area contributed by atoms with Gasteiger partial charge in [0.25, 0.3) is 0 Å². The molecule has 0 aromatic heterocycles. The van der Waals surface area contributed by atoms with Crippen LogP contribution in [0.15, 0.2) is 24.3 Å². The molecule has 0 aliphatic carbocycles. The first-order chi connectivity index (χ1) is 8.58. The molecular formula is C15H24N2S. The van der Waals surface area contributed by atoms with Crippen molar-refractivity contribution < 1.29 is 0 Å². The number of nitrogens with zero attached hydrogens (tertiary/aromatic N) is 1. The third-order valence-corrected chi connectivity index (χ3v) is 3.61. The second-order valence-electron chi connectivity index (χ2n) is 4.86. The van der Waals surface area contributed by atoms with Crippen molar-refractivity contribution in [3.63, 3.8) is 0 Å². The van der Waals surface area contributed by atoms with Gasteiger partial charge in [-0.25, -0.2) is 0 Å². The van der Waals surface area contributed by atoms with E-state index in [1.165, 1.54) is 12.0 Å². The van der Waals surface area contributed by atoms with Gasteiger partial charge < -0.3 is 5.73 Å². The molecule has 1 rings (SSSR count). The zero-order valence-corrected chi connectivity index (χ0v) is 12.5. The van der Waals surface area contributed by atoms with E-state index in [1.54, 1.807) is 0 Å². The van der Waals surface area contributed by atoms with Crippen LogP contribution in [-0.2, 0) is 6.54 Å². The molecule has 0 spiro atoms. The lowest BCUT2D eigenvalue weighted by Crippen LogP contribution is -2.29. The highest BCUT2D eigenvalue weighted by atomic mass is 32.1. The third kappa shape index (κ3) is 4.39. The van der Waals surface area contributed by atoms with Gasteiger partial charge in [0.15, 0.2) is 0 Å². The monoisotopic (exact) mass is 264 g/mol. The summed E-state index contributed by atoms with van der Waals surface area (Å²) in [7, 11) is 0. The molecule has 18 heavy (non-hydrogen) atoms. The van der Waals surface area contributed by atoms with Gasteiger partial charge in [-0.3, -0.25) is 4.90 Å². The highest BCUT2D eigenvalue weighted by Gasteiger charge is 2.11. The van der Waals surface area contributed by atoms with Gasteiger partial charge in [0, 0.05) is 18.7 Å². The van der Waals surface area contributed by atoms with E-state index in [-0.39, 0.29) is 0 Å². The highest BCUT2D eigenvalue weighted by Crippen LogP contribution is 2.13. The molecule has 2 nitrogen and oxygen atoms in total. The van der Waals surface area contributed by atoms with Gasteiger partial charge in [-0.15, -0.1) is 0 Å². The van der Waals surface area contributed by atoms with E-state index in [4.69, 9.17) is 18.0 Å². The minimum atomic E-state index is 0.491. The van der Waals surface area contributed by atoms with Crippen molar-refractivity contribution in [1.29, 1.82) is 0 Å². The van der Waals surface area contributed by atoms with E-state index in [0.717, 1.165) is 31.1 Å². The molecule has 0 bridgehead atoms. The average Bonchev–Trinajstić information content (AvgIpc) is 2.38. The van der Waals surface area contributed by atoms with Gasteiger partial charge in [-0.05, 0) is 18.0 Å². The summed E-state index contributed by atoms with van der Waals surface area (Å²) in [6, 6.07) is 8.17. The normalized spacial score (nSPS) is 12.7. The van der Waals surface area contributed by atoms with Gasteiger partial charge in [0.05, 0.1) is 0 Å². The Bertz CT molecular complexity index is 390. The van der Waals surface area contributed by atoms with Gasteiger partial charge >= 0.3 is 0 Å². The van der Waals surface area contributed by atoms with Crippen LogP contribution in [0.25, 0.3) is 0 Å².